The van der Waals surface area contributed by atoms with Crippen molar-refractivity contribution in [1.82, 2.24) is 0 Å². The molecule has 0 unspecified atom stereocenters. The van der Waals surface area contributed by atoms with Gasteiger partial charge in [0.25, 0.3) is 5.91 Å². The minimum atomic E-state index is -0.769. The van der Waals surface area contributed by atoms with E-state index in [2.05, 4.69) is 17.0 Å². The lowest BCUT2D eigenvalue weighted by Crippen LogP contribution is -2.35. The van der Waals surface area contributed by atoms with Gasteiger partial charge in [-0.1, -0.05) is 18.2 Å². The van der Waals surface area contributed by atoms with Crippen LogP contribution in [-0.4, -0.2) is 44.5 Å². The fraction of sp³-hybridized carbons (Fsp3) is 0.303. The monoisotopic (exact) mass is 571 g/mol. The normalized spacial score (nSPS) is 14.1. The third-order valence-corrected chi connectivity index (χ3v) is 6.93. The quantitative estimate of drug-likeness (QED) is 0.140. The molecular formula is C33H37N3O6. The van der Waals surface area contributed by atoms with Gasteiger partial charge in [-0.25, -0.2) is 0 Å². The number of carbonyl (C=O) groups is 2. The van der Waals surface area contributed by atoms with Crippen molar-refractivity contribution in [2.24, 2.45) is 10.7 Å². The lowest BCUT2D eigenvalue weighted by molar-refractivity contribution is -0.150. The minimum Gasteiger partial charge on any atom is -0.493 e. The molecule has 3 N–H and O–H groups in total. The van der Waals surface area contributed by atoms with Gasteiger partial charge in [-0.3, -0.25) is 14.6 Å². The van der Waals surface area contributed by atoms with Crippen molar-refractivity contribution in [2.75, 3.05) is 19.0 Å². The van der Waals surface area contributed by atoms with Gasteiger partial charge in [-0.2, -0.15) is 0 Å². The highest BCUT2D eigenvalue weighted by molar-refractivity contribution is 6.04. The summed E-state index contributed by atoms with van der Waals surface area (Å²) in [7, 11) is 1.54. The molecule has 9 nitrogen and oxygen atoms in total. The van der Waals surface area contributed by atoms with E-state index in [1.54, 1.807) is 48.5 Å². The summed E-state index contributed by atoms with van der Waals surface area (Å²) in [5.41, 5.74) is 8.43. The molecule has 1 saturated carbocycles. The number of esters is 1. The maximum Gasteiger partial charge on any atom is 0.323 e. The highest BCUT2D eigenvalue weighted by atomic mass is 16.5. The zero-order valence-corrected chi connectivity index (χ0v) is 24.0. The van der Waals surface area contributed by atoms with Crippen LogP contribution >= 0.6 is 0 Å². The summed E-state index contributed by atoms with van der Waals surface area (Å²) in [4.78, 5) is 28.9. The number of nitrogens with one attached hydrogen (secondary N) is 1. The summed E-state index contributed by atoms with van der Waals surface area (Å²) in [6.07, 6.45) is 6.01. The molecule has 1 amide bonds. The second-order valence-electron chi connectivity index (χ2n) is 9.86. The molecule has 3 aromatic rings. The molecule has 0 aromatic heterocycles. The molecule has 0 spiro atoms. The topological polar surface area (TPSA) is 121 Å². The molecule has 1 atom stereocenters. The van der Waals surface area contributed by atoms with E-state index >= 15 is 0 Å². The molecule has 0 aliphatic heterocycles. The number of carbonyl (C=O) groups excluding carboxylic acids is 2. The molecule has 0 saturated heterocycles. The number of hydrogen-bond donors (Lipinski definition) is 2. The first kappa shape index (κ1) is 30.3. The number of rotatable bonds is 13. The molecule has 0 bridgehead atoms. The number of nitrogens with zero attached hydrogens (tertiary/aromatic N) is 1. The Bertz CT molecular complexity index is 1400. The van der Waals surface area contributed by atoms with Gasteiger partial charge in [0, 0.05) is 29.3 Å². The zero-order valence-electron chi connectivity index (χ0n) is 24.0. The first-order valence-corrected chi connectivity index (χ1v) is 14.0. The molecule has 0 radical (unpaired) electrons. The number of nitrogens with two attached hydrogens (primary N) is 1. The second-order valence-corrected chi connectivity index (χ2v) is 9.86. The number of anilines is 1. The Balaban J connectivity index is 1.39. The summed E-state index contributed by atoms with van der Waals surface area (Å²) in [5, 5.41) is 2.87. The van der Waals surface area contributed by atoms with Crippen molar-refractivity contribution >= 4 is 35.7 Å². The molecular weight excluding hydrogens is 534 g/mol. The summed E-state index contributed by atoms with van der Waals surface area (Å²) in [6.45, 7) is 5.74. The number of benzene rings is 3. The van der Waals surface area contributed by atoms with E-state index < -0.39 is 12.0 Å². The summed E-state index contributed by atoms with van der Waals surface area (Å²) >= 11 is 0. The Labute approximate surface area is 246 Å². The van der Waals surface area contributed by atoms with Gasteiger partial charge in [0.2, 0.25) is 0 Å². The molecule has 3 aromatic carbocycles. The number of aliphatic imine (C=N–C) groups is 1. The summed E-state index contributed by atoms with van der Waals surface area (Å²) < 4.78 is 23.2. The molecule has 9 heteroatoms. The zero-order chi connectivity index (χ0) is 29.9. The Kier molecular flexibility index (Phi) is 10.7. The highest BCUT2D eigenvalue weighted by Crippen LogP contribution is 2.39. The van der Waals surface area contributed by atoms with E-state index in [0.29, 0.717) is 51.9 Å². The maximum atomic E-state index is 12.4. The predicted molar refractivity (Wildman–Crippen MR) is 164 cm³/mol. The Morgan fingerprint density at radius 3 is 2.43 bits per heavy atom. The van der Waals surface area contributed by atoms with E-state index in [-0.39, 0.29) is 18.6 Å². The first-order chi connectivity index (χ1) is 20.4. The molecule has 0 heterocycles. The van der Waals surface area contributed by atoms with Crippen molar-refractivity contribution in [1.29, 1.82) is 0 Å². The standard InChI is InChI=1S/C33H37N3O6/c1-4-29(41-25-16-14-23(15-17-25)36-32(37)22-10-6-5-7-11-22)26-20-30(39-3)31(21-28(26)35-2)40-19-18-27(34)33(38)42-24-12-8-9-13-24/h4-7,10-11,14-17,20-21,24,27H,2,8-9,12-13,18-19,34H2,1,3H3,(H,36,37)/b29-4+/t27-/m0/s1. The highest BCUT2D eigenvalue weighted by Gasteiger charge is 2.23. The fourth-order valence-corrected chi connectivity index (χ4v) is 4.62. The van der Waals surface area contributed by atoms with Gasteiger partial charge in [0.15, 0.2) is 11.5 Å². The van der Waals surface area contributed by atoms with E-state index in [0.717, 1.165) is 25.7 Å². The van der Waals surface area contributed by atoms with Crippen LogP contribution in [0.5, 0.6) is 17.2 Å². The Hall–Kier alpha value is -4.63. The van der Waals surface area contributed by atoms with Gasteiger partial charge < -0.3 is 30.0 Å². The maximum absolute atomic E-state index is 12.4. The number of amides is 1. The number of allylic oxidation sites excluding steroid dienone is 1. The van der Waals surface area contributed by atoms with Crippen LogP contribution in [0.4, 0.5) is 11.4 Å². The van der Waals surface area contributed by atoms with Gasteiger partial charge >= 0.3 is 5.97 Å². The lowest BCUT2D eigenvalue weighted by Gasteiger charge is -2.18. The van der Waals surface area contributed by atoms with Crippen molar-refractivity contribution in [3.63, 3.8) is 0 Å². The van der Waals surface area contributed by atoms with Gasteiger partial charge in [0.1, 0.15) is 23.7 Å². The van der Waals surface area contributed by atoms with E-state index in [9.17, 15) is 9.59 Å². The van der Waals surface area contributed by atoms with Crippen LogP contribution in [-0.2, 0) is 9.53 Å². The van der Waals surface area contributed by atoms with Crippen molar-refractivity contribution in [3.8, 4) is 17.2 Å². The van der Waals surface area contributed by atoms with Crippen LogP contribution in [0.2, 0.25) is 0 Å². The average molecular weight is 572 g/mol. The third-order valence-electron chi connectivity index (χ3n) is 6.93. The number of hydrogen-bond acceptors (Lipinski definition) is 8. The van der Waals surface area contributed by atoms with Crippen LogP contribution in [0.15, 0.2) is 77.8 Å². The minimum absolute atomic E-state index is 0.0280. The van der Waals surface area contributed by atoms with Crippen molar-refractivity contribution in [2.45, 2.75) is 51.2 Å². The predicted octanol–water partition coefficient (Wildman–Crippen LogP) is 6.30. The Morgan fingerprint density at radius 2 is 1.79 bits per heavy atom. The van der Waals surface area contributed by atoms with Gasteiger partial charge in [-0.15, -0.1) is 0 Å². The van der Waals surface area contributed by atoms with Gasteiger partial charge in [0.05, 0.1) is 19.4 Å². The van der Waals surface area contributed by atoms with Crippen LogP contribution < -0.4 is 25.3 Å². The number of methoxy groups -OCH3 is 1. The second kappa shape index (κ2) is 14.8. The van der Waals surface area contributed by atoms with E-state index in [1.807, 2.05) is 31.2 Å². The van der Waals surface area contributed by atoms with Crippen LogP contribution in [0.25, 0.3) is 5.76 Å². The third kappa shape index (κ3) is 7.98. The van der Waals surface area contributed by atoms with Crippen molar-refractivity contribution in [3.05, 3.63) is 83.9 Å². The van der Waals surface area contributed by atoms with E-state index in [1.165, 1.54) is 7.11 Å². The van der Waals surface area contributed by atoms with Crippen LogP contribution in [0.1, 0.15) is 54.9 Å². The van der Waals surface area contributed by atoms with Gasteiger partial charge in [-0.05, 0) is 87.9 Å². The van der Waals surface area contributed by atoms with Crippen LogP contribution in [0, 0.1) is 0 Å². The molecule has 220 valence electrons. The number of ether oxygens (including phenoxy) is 4. The van der Waals surface area contributed by atoms with E-state index in [4.69, 9.17) is 24.7 Å². The molecule has 1 aliphatic rings. The fourth-order valence-electron chi connectivity index (χ4n) is 4.62. The van der Waals surface area contributed by atoms with Crippen molar-refractivity contribution < 1.29 is 28.5 Å². The summed E-state index contributed by atoms with van der Waals surface area (Å²) in [6, 6.07) is 18.8. The lowest BCUT2D eigenvalue weighted by atomic mass is 10.1. The molecule has 1 aliphatic carbocycles. The van der Waals surface area contributed by atoms with Crippen LogP contribution in [0.3, 0.4) is 0 Å². The molecule has 4 rings (SSSR count). The average Bonchev–Trinajstić information content (AvgIpc) is 3.53. The smallest absolute Gasteiger partial charge is 0.323 e. The molecule has 1 fully saturated rings. The molecule has 42 heavy (non-hydrogen) atoms. The Morgan fingerprint density at radius 1 is 1.07 bits per heavy atom. The summed E-state index contributed by atoms with van der Waals surface area (Å²) in [5.74, 6) is 1.40. The SMILES string of the molecule is C=Nc1cc(OCC[C@H](N)C(=O)OC2CCCC2)c(OC)cc1/C(=C\C)Oc1ccc(NC(=O)c2ccccc2)cc1. The first-order valence-electron chi connectivity index (χ1n) is 14.0. The largest absolute Gasteiger partial charge is 0.493 e.